The van der Waals surface area contributed by atoms with Crippen molar-refractivity contribution in [3.05, 3.63) is 65.3 Å². The Morgan fingerprint density at radius 3 is 2.30 bits per heavy atom. The number of alkyl halides is 1. The number of nitrogens with zero attached hydrogens (tertiary/aromatic N) is 2. The Morgan fingerprint density at radius 2 is 1.63 bits per heavy atom. The quantitative estimate of drug-likeness (QED) is 0.330. The molecule has 0 spiro atoms. The molecule has 0 radical (unpaired) electrons. The van der Waals surface area contributed by atoms with E-state index in [9.17, 15) is 0 Å². The predicted molar refractivity (Wildman–Crippen MR) is 111 cm³/mol. The molecule has 1 unspecified atom stereocenters. The summed E-state index contributed by atoms with van der Waals surface area (Å²) in [5.41, 5.74) is 4.58. The summed E-state index contributed by atoms with van der Waals surface area (Å²) in [6.07, 6.45) is 1.65. The molecule has 0 aliphatic rings. The van der Waals surface area contributed by atoms with Gasteiger partial charge in [-0.1, -0.05) is 53.6 Å². The summed E-state index contributed by atoms with van der Waals surface area (Å²) in [5, 5.41) is 3.77. The van der Waals surface area contributed by atoms with E-state index in [1.165, 1.54) is 5.56 Å². The molecule has 0 fully saturated rings. The van der Waals surface area contributed by atoms with Gasteiger partial charge in [0, 0.05) is 22.7 Å². The van der Waals surface area contributed by atoms with Gasteiger partial charge in [0.15, 0.2) is 0 Å². The maximum Gasteiger partial charge on any atom is 0.232 e. The number of halogens is 2. The molecule has 6 heteroatoms. The first-order valence-electron chi connectivity index (χ1n) is 8.73. The maximum atomic E-state index is 6.04. The lowest BCUT2D eigenvalue weighted by atomic mass is 10.0. The number of hydrogen-bond donors (Lipinski definition) is 1. The van der Waals surface area contributed by atoms with Gasteiger partial charge >= 0.3 is 0 Å². The summed E-state index contributed by atoms with van der Waals surface area (Å²) in [5.74, 6) is 0.472. The van der Waals surface area contributed by atoms with Crippen LogP contribution in [0.25, 0.3) is 22.5 Å². The zero-order valence-corrected chi connectivity index (χ0v) is 16.8. The highest BCUT2D eigenvalue weighted by atomic mass is 35.5. The fourth-order valence-corrected chi connectivity index (χ4v) is 2.82. The van der Waals surface area contributed by atoms with E-state index in [4.69, 9.17) is 32.9 Å². The van der Waals surface area contributed by atoms with Gasteiger partial charge in [0.2, 0.25) is 5.88 Å². The molecule has 140 valence electrons. The first-order valence-corrected chi connectivity index (χ1v) is 9.54. The maximum absolute atomic E-state index is 6.04. The summed E-state index contributed by atoms with van der Waals surface area (Å²) in [6.45, 7) is 5.01. The second kappa shape index (κ2) is 9.18. The highest BCUT2D eigenvalue weighted by molar-refractivity contribution is 6.30. The zero-order valence-electron chi connectivity index (χ0n) is 15.2. The van der Waals surface area contributed by atoms with Crippen LogP contribution in [0.1, 0.15) is 12.5 Å². The molecule has 3 aromatic rings. The minimum Gasteiger partial charge on any atom is -0.475 e. The van der Waals surface area contributed by atoms with Crippen molar-refractivity contribution in [1.82, 2.24) is 15.3 Å². The van der Waals surface area contributed by atoms with Crippen LogP contribution in [-0.2, 0) is 0 Å². The van der Waals surface area contributed by atoms with Gasteiger partial charge in [0.1, 0.15) is 12.3 Å². The van der Waals surface area contributed by atoms with E-state index in [1.807, 2.05) is 43.3 Å². The smallest absolute Gasteiger partial charge is 0.232 e. The van der Waals surface area contributed by atoms with Crippen molar-refractivity contribution < 1.29 is 4.74 Å². The van der Waals surface area contributed by atoms with Crippen molar-refractivity contribution in [2.45, 2.75) is 19.3 Å². The van der Waals surface area contributed by atoms with E-state index in [-0.39, 0.29) is 5.50 Å². The second-order valence-corrected chi connectivity index (χ2v) is 7.29. The Morgan fingerprint density at radius 1 is 1.00 bits per heavy atom. The molecular formula is C21H21Cl2N3O. The molecule has 0 aliphatic heterocycles. The van der Waals surface area contributed by atoms with E-state index < -0.39 is 0 Å². The van der Waals surface area contributed by atoms with Gasteiger partial charge in [-0.15, -0.1) is 11.6 Å². The third kappa shape index (κ3) is 5.42. The fourth-order valence-electron chi connectivity index (χ4n) is 2.59. The van der Waals surface area contributed by atoms with Crippen molar-refractivity contribution in [2.75, 3.05) is 13.2 Å². The molecule has 2 aromatic carbocycles. The monoisotopic (exact) mass is 401 g/mol. The minimum atomic E-state index is -0.103. The minimum absolute atomic E-state index is 0.103. The lowest BCUT2D eigenvalue weighted by Gasteiger charge is -2.12. The highest BCUT2D eigenvalue weighted by Crippen LogP contribution is 2.31. The van der Waals surface area contributed by atoms with Crippen LogP contribution < -0.4 is 10.1 Å². The number of benzene rings is 2. The van der Waals surface area contributed by atoms with Crippen LogP contribution in [0.3, 0.4) is 0 Å². The first-order chi connectivity index (χ1) is 13.0. The van der Waals surface area contributed by atoms with Crippen LogP contribution >= 0.6 is 23.2 Å². The first kappa shape index (κ1) is 19.6. The lowest BCUT2D eigenvalue weighted by molar-refractivity contribution is 0.301. The van der Waals surface area contributed by atoms with E-state index in [0.717, 1.165) is 22.5 Å². The number of hydrogen-bond acceptors (Lipinski definition) is 4. The van der Waals surface area contributed by atoms with Gasteiger partial charge in [-0.3, -0.25) is 5.32 Å². The molecule has 1 heterocycles. The van der Waals surface area contributed by atoms with Gasteiger partial charge in [-0.25, -0.2) is 9.97 Å². The third-order valence-corrected chi connectivity index (χ3v) is 4.38. The summed E-state index contributed by atoms with van der Waals surface area (Å²) in [4.78, 5) is 9.32. The normalized spacial score (nSPS) is 12.0. The predicted octanol–water partition coefficient (Wildman–Crippen LogP) is 5.33. The van der Waals surface area contributed by atoms with Crippen molar-refractivity contribution in [3.8, 4) is 28.4 Å². The average molecular weight is 402 g/mol. The average Bonchev–Trinajstić information content (AvgIpc) is 2.66. The molecule has 0 saturated carbocycles. The van der Waals surface area contributed by atoms with E-state index in [1.54, 1.807) is 6.20 Å². The van der Waals surface area contributed by atoms with E-state index in [2.05, 4.69) is 29.4 Å². The molecule has 0 bridgehead atoms. The lowest BCUT2D eigenvalue weighted by Crippen LogP contribution is -2.26. The van der Waals surface area contributed by atoms with E-state index >= 15 is 0 Å². The van der Waals surface area contributed by atoms with Crippen LogP contribution in [0.4, 0.5) is 0 Å². The van der Waals surface area contributed by atoms with Gasteiger partial charge in [-0.05, 0) is 26.0 Å². The Hall–Kier alpha value is -2.14. The fraction of sp³-hybridized carbons (Fsp3) is 0.238. The number of rotatable bonds is 7. The van der Waals surface area contributed by atoms with Crippen molar-refractivity contribution in [2.24, 2.45) is 0 Å². The van der Waals surface area contributed by atoms with Gasteiger partial charge in [0.25, 0.3) is 0 Å². The van der Waals surface area contributed by atoms with Crippen LogP contribution in [0.15, 0.2) is 54.7 Å². The van der Waals surface area contributed by atoms with Crippen LogP contribution in [0.5, 0.6) is 5.88 Å². The summed E-state index contributed by atoms with van der Waals surface area (Å²) in [7, 11) is 0. The van der Waals surface area contributed by atoms with Crippen LogP contribution in [-0.4, -0.2) is 28.6 Å². The van der Waals surface area contributed by atoms with Crippen LogP contribution in [0.2, 0.25) is 5.02 Å². The van der Waals surface area contributed by atoms with Gasteiger partial charge in [-0.2, -0.15) is 0 Å². The Bertz CT molecular complexity index is 881. The van der Waals surface area contributed by atoms with Gasteiger partial charge < -0.3 is 4.74 Å². The molecule has 0 saturated heterocycles. The second-order valence-electron chi connectivity index (χ2n) is 6.20. The summed E-state index contributed by atoms with van der Waals surface area (Å²) < 4.78 is 5.73. The van der Waals surface area contributed by atoms with Crippen molar-refractivity contribution in [1.29, 1.82) is 0 Å². The summed E-state index contributed by atoms with van der Waals surface area (Å²) >= 11 is 11.9. The van der Waals surface area contributed by atoms with E-state index in [0.29, 0.717) is 24.1 Å². The molecule has 1 aromatic heterocycles. The SMILES string of the molecule is Cc1ccc(-c2ncc(OCCNC(C)Cl)nc2-c2ccc(Cl)cc2)cc1. The zero-order chi connectivity index (χ0) is 19.2. The Balaban J connectivity index is 1.92. The summed E-state index contributed by atoms with van der Waals surface area (Å²) in [6, 6.07) is 15.8. The molecule has 0 amide bonds. The molecule has 1 atom stereocenters. The highest BCUT2D eigenvalue weighted by Gasteiger charge is 2.13. The topological polar surface area (TPSA) is 47.0 Å². The molecule has 3 rings (SSSR count). The van der Waals surface area contributed by atoms with Crippen molar-refractivity contribution in [3.63, 3.8) is 0 Å². The Kier molecular flexibility index (Phi) is 6.67. The number of ether oxygens (including phenoxy) is 1. The number of nitrogens with one attached hydrogen (secondary N) is 1. The third-order valence-electron chi connectivity index (χ3n) is 3.97. The molecular weight excluding hydrogens is 381 g/mol. The van der Waals surface area contributed by atoms with Gasteiger partial charge in [0.05, 0.1) is 17.4 Å². The standard InChI is InChI=1S/C21H21Cl2N3O/c1-14-3-5-16(6-4-14)20-21(17-7-9-18(23)10-8-17)26-19(13-25-20)27-12-11-24-15(2)22/h3-10,13,15,24H,11-12H2,1-2H3. The molecule has 4 nitrogen and oxygen atoms in total. The largest absolute Gasteiger partial charge is 0.475 e. The number of aryl methyl sites for hydroxylation is 1. The van der Waals surface area contributed by atoms with Crippen LogP contribution in [0, 0.1) is 6.92 Å². The molecule has 0 aliphatic carbocycles. The number of aromatic nitrogens is 2. The Labute approximate surface area is 169 Å². The molecule has 27 heavy (non-hydrogen) atoms. The van der Waals surface area contributed by atoms with Crippen molar-refractivity contribution >= 4 is 23.2 Å². The molecule has 1 N–H and O–H groups in total.